The summed E-state index contributed by atoms with van der Waals surface area (Å²) < 4.78 is 42.9. The third-order valence-electron chi connectivity index (χ3n) is 7.61. The van der Waals surface area contributed by atoms with E-state index in [2.05, 4.69) is 15.1 Å². The summed E-state index contributed by atoms with van der Waals surface area (Å²) in [6.45, 7) is 3.96. The van der Waals surface area contributed by atoms with E-state index in [1.165, 1.54) is 12.1 Å². The van der Waals surface area contributed by atoms with Crippen molar-refractivity contribution < 1.29 is 18.0 Å². The van der Waals surface area contributed by atoms with E-state index < -0.39 is 11.7 Å². The van der Waals surface area contributed by atoms with Crippen molar-refractivity contribution >= 4 is 27.7 Å². The van der Waals surface area contributed by atoms with Crippen molar-refractivity contribution in [3.05, 3.63) is 77.5 Å². The van der Waals surface area contributed by atoms with Gasteiger partial charge in [0.1, 0.15) is 5.82 Å². The minimum absolute atomic E-state index is 0.0696. The molecule has 2 aromatic carbocycles. The Morgan fingerprint density at radius 3 is 2.50 bits per heavy atom. The monoisotopic (exact) mass is 519 g/mol. The number of benzene rings is 2. The molecule has 1 fully saturated rings. The molecule has 0 saturated heterocycles. The largest absolute Gasteiger partial charge is 0.416 e. The summed E-state index contributed by atoms with van der Waals surface area (Å²) in [5.41, 5.74) is 2.92. The maximum Gasteiger partial charge on any atom is 0.416 e. The smallest absolute Gasteiger partial charge is 0.346 e. The van der Waals surface area contributed by atoms with Crippen LogP contribution in [-0.2, 0) is 13.2 Å². The molecular weight excluding hydrogens is 491 g/mol. The Hall–Kier alpha value is -3.88. The van der Waals surface area contributed by atoms with E-state index in [4.69, 9.17) is 0 Å². The highest BCUT2D eigenvalue weighted by Gasteiger charge is 2.36. The molecule has 38 heavy (non-hydrogen) atoms. The lowest BCUT2D eigenvalue weighted by atomic mass is 9.86. The summed E-state index contributed by atoms with van der Waals surface area (Å²) in [5.74, 6) is 1.64. The van der Waals surface area contributed by atoms with Crippen LogP contribution >= 0.6 is 0 Å². The highest BCUT2D eigenvalue weighted by atomic mass is 19.4. The molecule has 6 rings (SSSR count). The maximum absolute atomic E-state index is 13.6. The van der Waals surface area contributed by atoms with Gasteiger partial charge in [-0.3, -0.25) is 14.0 Å². The number of aromatic amines is 1. The van der Waals surface area contributed by atoms with Gasteiger partial charge in [-0.2, -0.15) is 18.3 Å². The number of imidazole rings is 1. The first-order chi connectivity index (χ1) is 18.1. The average molecular weight is 520 g/mol. The molecule has 1 N–H and O–H groups in total. The van der Waals surface area contributed by atoms with Crippen LogP contribution in [0.25, 0.3) is 27.6 Å². The quantitative estimate of drug-likeness (QED) is 0.236. The third kappa shape index (κ3) is 4.29. The first kappa shape index (κ1) is 24.5. The van der Waals surface area contributed by atoms with Gasteiger partial charge in [-0.05, 0) is 74.6 Å². The number of carbonyl (C=O) groups is 1. The molecule has 5 aromatic rings. The molecule has 0 aliphatic heterocycles. The lowest BCUT2D eigenvalue weighted by Gasteiger charge is -2.18. The molecule has 2 atom stereocenters. The zero-order valence-electron chi connectivity index (χ0n) is 21.4. The number of rotatable bonds is 7. The van der Waals surface area contributed by atoms with E-state index in [0.29, 0.717) is 22.8 Å². The Labute approximate surface area is 217 Å². The molecule has 196 valence electrons. The van der Waals surface area contributed by atoms with Crippen LogP contribution in [0.5, 0.6) is 0 Å². The number of ketones is 1. The number of aryl methyl sites for hydroxylation is 2. The van der Waals surface area contributed by atoms with Crippen molar-refractivity contribution in [2.45, 2.75) is 45.2 Å². The van der Waals surface area contributed by atoms with Crippen molar-refractivity contribution in [3.8, 4) is 5.69 Å². The van der Waals surface area contributed by atoms with Gasteiger partial charge in [-0.15, -0.1) is 0 Å². The van der Waals surface area contributed by atoms with Crippen LogP contribution in [0, 0.1) is 18.8 Å². The number of nitrogens with one attached hydrogen (secondary N) is 1. The Morgan fingerprint density at radius 1 is 1.13 bits per heavy atom. The highest BCUT2D eigenvalue weighted by molar-refractivity contribution is 6.11. The van der Waals surface area contributed by atoms with E-state index in [0.717, 1.165) is 59.2 Å². The topological polar surface area (TPSA) is 68.5 Å². The van der Waals surface area contributed by atoms with Crippen LogP contribution in [0.2, 0.25) is 0 Å². The van der Waals surface area contributed by atoms with Crippen LogP contribution in [0.1, 0.15) is 59.5 Å². The van der Waals surface area contributed by atoms with Crippen LogP contribution in [0.15, 0.2) is 54.9 Å². The summed E-state index contributed by atoms with van der Waals surface area (Å²) >= 11 is 0. The number of Topliss-reactive ketones (excluding diaryl/α,β-unsaturated/α-hetero) is 1. The number of carbonyl (C=O) groups excluding carboxylic acids is 1. The Bertz CT molecular complexity index is 1650. The van der Waals surface area contributed by atoms with E-state index >= 15 is 0 Å². The summed E-state index contributed by atoms with van der Waals surface area (Å²) in [5, 5.41) is 6.25. The summed E-state index contributed by atoms with van der Waals surface area (Å²) in [6, 6.07) is 10.6. The molecule has 6 nitrogen and oxygen atoms in total. The molecule has 0 radical (unpaired) electrons. The zero-order chi connectivity index (χ0) is 26.8. The number of fused-ring (bicyclic) bond motifs is 3. The molecule has 3 aromatic heterocycles. The summed E-state index contributed by atoms with van der Waals surface area (Å²) in [4.78, 5) is 21.5. The number of hydrogen-bond donors (Lipinski definition) is 1. The highest BCUT2D eigenvalue weighted by Crippen LogP contribution is 2.45. The molecular formula is C29H28F3N5O. The predicted octanol–water partition coefficient (Wildman–Crippen LogP) is 6.97. The number of aromatic nitrogens is 5. The fourth-order valence-corrected chi connectivity index (χ4v) is 5.53. The second-order valence-corrected chi connectivity index (χ2v) is 10.5. The van der Waals surface area contributed by atoms with Crippen molar-refractivity contribution in [3.63, 3.8) is 0 Å². The van der Waals surface area contributed by atoms with Gasteiger partial charge in [0, 0.05) is 59.0 Å². The van der Waals surface area contributed by atoms with Gasteiger partial charge in [0.05, 0.1) is 11.1 Å². The Kier molecular flexibility index (Phi) is 5.70. The first-order valence-corrected chi connectivity index (χ1v) is 12.8. The Balaban J connectivity index is 1.35. The van der Waals surface area contributed by atoms with E-state index in [-0.39, 0.29) is 17.6 Å². The first-order valence-electron chi connectivity index (χ1n) is 12.8. The average Bonchev–Trinajstić information content (AvgIpc) is 3.42. The zero-order valence-corrected chi connectivity index (χ0v) is 21.4. The molecule has 0 bridgehead atoms. The number of nitrogens with zero attached hydrogens (tertiary/aromatic N) is 4. The van der Waals surface area contributed by atoms with Crippen LogP contribution in [0.4, 0.5) is 13.2 Å². The predicted molar refractivity (Wildman–Crippen MR) is 139 cm³/mol. The molecule has 0 amide bonds. The summed E-state index contributed by atoms with van der Waals surface area (Å²) in [6.07, 6.45) is 2.35. The van der Waals surface area contributed by atoms with E-state index in [9.17, 15) is 18.0 Å². The van der Waals surface area contributed by atoms with Crippen molar-refractivity contribution in [1.82, 2.24) is 24.3 Å². The number of halogens is 3. The minimum atomic E-state index is -4.40. The lowest BCUT2D eigenvalue weighted by Crippen LogP contribution is -2.17. The number of H-pyrrole nitrogens is 1. The number of alkyl halides is 3. The molecule has 1 saturated carbocycles. The molecule has 1 aliphatic carbocycles. The minimum Gasteiger partial charge on any atom is -0.346 e. The lowest BCUT2D eigenvalue weighted by molar-refractivity contribution is -0.137. The fraction of sp³-hybridized carbons (Fsp3) is 0.345. The molecule has 0 spiro atoms. The van der Waals surface area contributed by atoms with Gasteiger partial charge in [-0.25, -0.2) is 4.98 Å². The fourth-order valence-electron chi connectivity index (χ4n) is 5.53. The van der Waals surface area contributed by atoms with E-state index in [1.807, 2.05) is 49.0 Å². The molecule has 3 heterocycles. The maximum atomic E-state index is 13.6. The van der Waals surface area contributed by atoms with E-state index in [1.54, 1.807) is 11.7 Å². The van der Waals surface area contributed by atoms with Crippen molar-refractivity contribution in [1.29, 1.82) is 0 Å². The SMILES string of the molecule is Cc1cnc(C(CC(C)C(=O)c2ccc3c(c2)c2cn(C)nc2n3-c2ccc(C(F)(F)F)cc2)C2CC2)[nH]1. The summed E-state index contributed by atoms with van der Waals surface area (Å²) in [7, 11) is 1.80. The van der Waals surface area contributed by atoms with Crippen LogP contribution < -0.4 is 0 Å². The van der Waals surface area contributed by atoms with Gasteiger partial charge >= 0.3 is 6.18 Å². The molecule has 1 aliphatic rings. The normalized spacial score (nSPS) is 15.8. The van der Waals surface area contributed by atoms with Crippen molar-refractivity contribution in [2.24, 2.45) is 18.9 Å². The standard InChI is InChI=1S/C29H28F3N5O/c1-16(12-22(18-4-5-18)27-33-14-17(2)34-27)26(38)19-6-11-25-23(13-19)24-15-36(3)35-28(24)37(25)21-9-7-20(8-10-21)29(30,31)32/h6-11,13-16,18,22H,4-5,12H2,1-3H3,(H,33,34). The Morgan fingerprint density at radius 2 is 1.87 bits per heavy atom. The van der Waals surface area contributed by atoms with Gasteiger partial charge in [-0.1, -0.05) is 6.92 Å². The second-order valence-electron chi connectivity index (χ2n) is 10.5. The third-order valence-corrected chi connectivity index (χ3v) is 7.61. The molecule has 2 unspecified atom stereocenters. The molecule has 9 heteroatoms. The van der Waals surface area contributed by atoms with Gasteiger partial charge in [0.15, 0.2) is 11.4 Å². The van der Waals surface area contributed by atoms with Gasteiger partial charge in [0.2, 0.25) is 0 Å². The number of hydrogen-bond acceptors (Lipinski definition) is 3. The van der Waals surface area contributed by atoms with Crippen LogP contribution in [-0.4, -0.2) is 30.1 Å². The van der Waals surface area contributed by atoms with Gasteiger partial charge in [0.25, 0.3) is 0 Å². The van der Waals surface area contributed by atoms with Crippen LogP contribution in [0.3, 0.4) is 0 Å². The second kappa shape index (κ2) is 8.85. The van der Waals surface area contributed by atoms with Crippen molar-refractivity contribution in [2.75, 3.05) is 0 Å². The van der Waals surface area contributed by atoms with Gasteiger partial charge < -0.3 is 4.98 Å².